The Morgan fingerprint density at radius 3 is 0.656 bits per heavy atom. The van der Waals surface area contributed by atoms with Crippen molar-refractivity contribution in [2.75, 3.05) is 0 Å². The number of benzene rings is 3. The van der Waals surface area contributed by atoms with Crippen LogP contribution in [0.15, 0.2) is 91.0 Å². The Kier molecular flexibility index (Phi) is 45.0. The van der Waals surface area contributed by atoms with Gasteiger partial charge in [-0.05, 0) is 0 Å². The molecular weight excluding hydrogens is 642 g/mol. The van der Waals surface area contributed by atoms with Crippen LogP contribution < -0.4 is 9.37 Å². The summed E-state index contributed by atoms with van der Waals surface area (Å²) in [6, 6.07) is 33.0. The van der Waals surface area contributed by atoms with Crippen LogP contribution in [0, 0.1) is 39.9 Å². The second kappa shape index (κ2) is 36.0. The van der Waals surface area contributed by atoms with Gasteiger partial charge in [-0.25, -0.2) is 0 Å². The molecule has 6 nitrogen and oxygen atoms in total. The fourth-order valence-electron chi connectivity index (χ4n) is 2.31. The third-order valence-corrected chi connectivity index (χ3v) is 13.8. The fraction of sp³-hybridized carbons (Fsp3) is 0. The standard InChI is InChI=1S/3C6H5.6CO.Pb.V/c3*1-2-4-6-5-3-1;6*1-2;;/h3*1-5H;;;;;;;;. The van der Waals surface area contributed by atoms with E-state index in [1.54, 1.807) is 9.37 Å². The number of hydrogen-bond donors (Lipinski definition) is 0. The first-order chi connectivity index (χ1) is 15.4. The molecule has 0 unspecified atom stereocenters. The van der Waals surface area contributed by atoms with Crippen LogP contribution in [0.4, 0.5) is 0 Å². The van der Waals surface area contributed by atoms with Crippen molar-refractivity contribution in [1.82, 2.24) is 0 Å². The third-order valence-electron chi connectivity index (χ3n) is 3.19. The normalized spacial score (nSPS) is 6.66. The first-order valence-corrected chi connectivity index (χ1v) is 13.5. The first-order valence-electron chi connectivity index (χ1n) is 7.71. The Morgan fingerprint density at radius 1 is 0.344 bits per heavy atom. The molecule has 0 N–H and O–H groups in total. The molecule has 0 atom stereocenters. The van der Waals surface area contributed by atoms with Crippen molar-refractivity contribution in [1.29, 1.82) is 0 Å². The van der Waals surface area contributed by atoms with E-state index in [-0.39, 0.29) is 18.6 Å². The van der Waals surface area contributed by atoms with Gasteiger partial charge in [0.15, 0.2) is 0 Å². The average Bonchev–Trinajstić information content (AvgIpc) is 2.93. The van der Waals surface area contributed by atoms with Crippen LogP contribution in [0.1, 0.15) is 0 Å². The third kappa shape index (κ3) is 17.3. The molecule has 3 rings (SSSR count). The monoisotopic (exact) mass is 658 g/mol. The van der Waals surface area contributed by atoms with Gasteiger partial charge in [-0.15, -0.1) is 0 Å². The molecule has 0 spiro atoms. The van der Waals surface area contributed by atoms with E-state index in [4.69, 9.17) is 27.9 Å². The van der Waals surface area contributed by atoms with Crippen LogP contribution in [-0.2, 0) is 46.5 Å². The van der Waals surface area contributed by atoms with Crippen molar-refractivity contribution < 1.29 is 46.5 Å². The summed E-state index contributed by atoms with van der Waals surface area (Å²) in [5, 5.41) is 0. The molecule has 0 heterocycles. The molecule has 0 fully saturated rings. The molecule has 0 amide bonds. The maximum atomic E-state index is 7.50. The molecule has 32 heavy (non-hydrogen) atoms. The van der Waals surface area contributed by atoms with Gasteiger partial charge >= 0.3 is 191 Å². The van der Waals surface area contributed by atoms with E-state index in [0.717, 1.165) is 0 Å². The quantitative estimate of drug-likeness (QED) is 0.233. The van der Waals surface area contributed by atoms with E-state index in [1.807, 2.05) is 0 Å². The summed E-state index contributed by atoms with van der Waals surface area (Å²) in [4.78, 5) is 0. The zero-order valence-corrected chi connectivity index (χ0v) is 21.8. The van der Waals surface area contributed by atoms with Crippen LogP contribution in [0.25, 0.3) is 0 Å². The Labute approximate surface area is 208 Å². The van der Waals surface area contributed by atoms with Gasteiger partial charge < -0.3 is 0 Å². The molecule has 8 heteroatoms. The van der Waals surface area contributed by atoms with Gasteiger partial charge in [0, 0.05) is 18.6 Å². The SMILES string of the molecule is [C-]#[O+].[C-]#[O+].[C-]#[O+].[C-]#[O+].[C-]#[O+].[C-]#[O+].[V].c1cc[c]([Pb]([c]2ccccc2)[c]2ccccc2)cc1. The van der Waals surface area contributed by atoms with Gasteiger partial charge in [-0.3, -0.25) is 0 Å². The molecule has 0 aliphatic carbocycles. The fourth-order valence-corrected chi connectivity index (χ4v) is 12.3. The van der Waals surface area contributed by atoms with Crippen LogP contribution in [0.5, 0.6) is 0 Å². The molecule has 3 aromatic rings. The van der Waals surface area contributed by atoms with Crippen molar-refractivity contribution in [3.63, 3.8) is 0 Å². The zero-order valence-electron chi connectivity index (χ0n) is 16.6. The Hall–Kier alpha value is -2.39. The summed E-state index contributed by atoms with van der Waals surface area (Å²) in [6.45, 7) is 27.0. The van der Waals surface area contributed by atoms with Crippen LogP contribution in [0.3, 0.4) is 0 Å². The average molecular weight is 658 g/mol. The minimum atomic E-state index is -2.17. The summed E-state index contributed by atoms with van der Waals surface area (Å²) < 4.78 is 49.6. The second-order valence-corrected chi connectivity index (χ2v) is 14.1. The summed E-state index contributed by atoms with van der Waals surface area (Å²) in [7, 11) is 0. The zero-order chi connectivity index (χ0) is 24.9. The topological polar surface area (TPSA) is 119 Å². The van der Waals surface area contributed by atoms with Crippen molar-refractivity contribution in [2.45, 2.75) is 0 Å². The predicted octanol–water partition coefficient (Wildman–Crippen LogP) is 1.98. The molecule has 0 saturated heterocycles. The molecule has 0 aromatic heterocycles. The Morgan fingerprint density at radius 2 is 0.500 bits per heavy atom. The van der Waals surface area contributed by atoms with E-state index in [9.17, 15) is 0 Å². The summed E-state index contributed by atoms with van der Waals surface area (Å²) in [5.74, 6) is 0. The van der Waals surface area contributed by atoms with E-state index >= 15 is 0 Å². The van der Waals surface area contributed by atoms with Crippen molar-refractivity contribution in [3.05, 3.63) is 131 Å². The summed E-state index contributed by atoms with van der Waals surface area (Å²) in [5.41, 5.74) is 0. The number of rotatable bonds is 3. The molecule has 0 saturated carbocycles. The second-order valence-electron chi connectivity index (χ2n) is 4.47. The van der Waals surface area contributed by atoms with Gasteiger partial charge in [0.1, 0.15) is 0 Å². The van der Waals surface area contributed by atoms with E-state index in [2.05, 4.69) is 131 Å². The minimum absolute atomic E-state index is 0. The number of hydrogen-bond acceptors (Lipinski definition) is 0. The predicted molar refractivity (Wildman–Crippen MR) is 108 cm³/mol. The van der Waals surface area contributed by atoms with Crippen molar-refractivity contribution in [2.24, 2.45) is 0 Å². The van der Waals surface area contributed by atoms with Gasteiger partial charge in [0.25, 0.3) is 0 Å². The van der Waals surface area contributed by atoms with E-state index in [0.29, 0.717) is 0 Å². The Balaban J connectivity index is -0.000000163. The van der Waals surface area contributed by atoms with Crippen LogP contribution >= 0.6 is 0 Å². The van der Waals surface area contributed by atoms with Gasteiger partial charge in [-0.1, -0.05) is 0 Å². The van der Waals surface area contributed by atoms with Gasteiger partial charge in [0.05, 0.1) is 0 Å². The van der Waals surface area contributed by atoms with E-state index < -0.39 is 22.7 Å². The van der Waals surface area contributed by atoms with Gasteiger partial charge in [0.2, 0.25) is 0 Å². The molecule has 3 aromatic carbocycles. The summed E-state index contributed by atoms with van der Waals surface area (Å²) in [6.07, 6.45) is 0. The Bertz CT molecular complexity index is 749. The van der Waals surface area contributed by atoms with Crippen LogP contribution in [0.2, 0.25) is 0 Å². The molecule has 0 aliphatic heterocycles. The molecule has 0 aliphatic rings. The van der Waals surface area contributed by atoms with Crippen molar-refractivity contribution in [3.8, 4) is 0 Å². The van der Waals surface area contributed by atoms with E-state index in [1.165, 1.54) is 0 Å². The van der Waals surface area contributed by atoms with Gasteiger partial charge in [-0.2, -0.15) is 0 Å². The molecule has 2 radical (unpaired) electrons. The molecular formula is C24H15O6PbV. The first kappa shape index (κ1) is 40.0. The maximum absolute atomic E-state index is 7.50. The van der Waals surface area contributed by atoms with Crippen molar-refractivity contribution >= 4 is 32.1 Å². The summed E-state index contributed by atoms with van der Waals surface area (Å²) >= 11 is -2.17. The van der Waals surface area contributed by atoms with Crippen LogP contribution in [-0.4, -0.2) is 22.7 Å². The molecule has 156 valence electrons. The molecule has 0 bridgehead atoms.